The molecule has 0 saturated carbocycles. The number of rotatable bonds is 14. The molecule has 0 fully saturated rings. The van der Waals surface area contributed by atoms with Gasteiger partial charge in [-0.3, -0.25) is 0 Å². The van der Waals surface area contributed by atoms with E-state index in [-0.39, 0.29) is 56.8 Å². The number of halogens is 13. The first-order valence-electron chi connectivity index (χ1n) is 50.3. The van der Waals surface area contributed by atoms with Crippen LogP contribution in [0.15, 0.2) is 315 Å². The van der Waals surface area contributed by atoms with Crippen LogP contribution in [0.1, 0.15) is 382 Å². The second-order valence-corrected chi connectivity index (χ2v) is 42.1. The van der Waals surface area contributed by atoms with Gasteiger partial charge in [0.25, 0.3) is 0 Å². The first-order valence-corrected chi connectivity index (χ1v) is 52.2. The predicted molar refractivity (Wildman–Crippen MR) is 616 cm³/mol. The Morgan fingerprint density at radius 3 is 0.799 bits per heavy atom. The van der Waals surface area contributed by atoms with Crippen molar-refractivity contribution in [2.24, 2.45) is 0 Å². The molecule has 144 heavy (non-hydrogen) atoms. The molecular formula is C131H165Cl5F8. The molecule has 0 heterocycles. The molecule has 13 heteroatoms. The third-order valence-electron chi connectivity index (χ3n) is 22.9. The maximum atomic E-state index is 12.9. The van der Waals surface area contributed by atoms with Gasteiger partial charge in [-0.05, 0) is 310 Å². The van der Waals surface area contributed by atoms with E-state index in [2.05, 4.69) is 287 Å². The van der Waals surface area contributed by atoms with Gasteiger partial charge in [-0.25, -0.2) is 35.1 Å². The Kier molecular flexibility index (Phi) is 65.5. The van der Waals surface area contributed by atoms with E-state index in [0.717, 1.165) is 60.1 Å². The summed E-state index contributed by atoms with van der Waals surface area (Å²) in [7, 11) is 0. The lowest BCUT2D eigenvalue weighted by Crippen LogP contribution is -1.90. The first kappa shape index (κ1) is 132. The van der Waals surface area contributed by atoms with Crippen molar-refractivity contribution in [3.05, 3.63) is 493 Å². The molecule has 0 nitrogen and oxygen atoms in total. The summed E-state index contributed by atoms with van der Waals surface area (Å²) in [6, 6.07) is 97.9. The van der Waals surface area contributed by atoms with E-state index in [9.17, 15) is 35.1 Å². The fourth-order valence-corrected chi connectivity index (χ4v) is 14.0. The summed E-state index contributed by atoms with van der Waals surface area (Å²) in [5.74, 6) is 4.12. The number of hydrogen-bond acceptors (Lipinski definition) is 0. The molecule has 0 saturated heterocycles. The smallest absolute Gasteiger partial charge is 0.159 e. The Morgan fingerprint density at radius 1 is 0.153 bits per heavy atom. The minimum Gasteiger partial charge on any atom is -0.207 e. The van der Waals surface area contributed by atoms with Crippen molar-refractivity contribution in [1.82, 2.24) is 0 Å². The van der Waals surface area contributed by atoms with Crippen molar-refractivity contribution in [2.45, 2.75) is 311 Å². The van der Waals surface area contributed by atoms with Crippen molar-refractivity contribution >= 4 is 58.0 Å². The molecule has 0 spiro atoms. The van der Waals surface area contributed by atoms with E-state index in [1.807, 2.05) is 152 Å². The second kappa shape index (κ2) is 71.5. The highest BCUT2D eigenvalue weighted by atomic mass is 35.5. The molecule has 780 valence electrons. The van der Waals surface area contributed by atoms with Gasteiger partial charge in [0.2, 0.25) is 0 Å². The van der Waals surface area contributed by atoms with Crippen LogP contribution >= 0.6 is 58.0 Å². The van der Waals surface area contributed by atoms with Crippen LogP contribution in [-0.2, 0) is 0 Å². The average Bonchev–Trinajstić information content (AvgIpc) is 0.873. The summed E-state index contributed by atoms with van der Waals surface area (Å²) >= 11 is 28.5. The summed E-state index contributed by atoms with van der Waals surface area (Å²) < 4.78 is 101. The molecule has 0 bridgehead atoms. The normalized spacial score (nSPS) is 10.5. The van der Waals surface area contributed by atoms with Crippen molar-refractivity contribution in [2.75, 3.05) is 0 Å². The van der Waals surface area contributed by atoms with E-state index in [4.69, 9.17) is 58.0 Å². The van der Waals surface area contributed by atoms with Crippen LogP contribution in [0.25, 0.3) is 0 Å². The summed E-state index contributed by atoms with van der Waals surface area (Å²) in [5.41, 5.74) is 22.7. The van der Waals surface area contributed by atoms with E-state index < -0.39 is 11.6 Å². The Balaban J connectivity index is 0.000000776. The molecule has 14 rings (SSSR count). The molecule has 0 unspecified atom stereocenters. The third-order valence-corrected chi connectivity index (χ3v) is 24.3. The zero-order chi connectivity index (χ0) is 109. The molecule has 0 atom stereocenters. The molecule has 0 aromatic heterocycles. The van der Waals surface area contributed by atoms with E-state index >= 15 is 0 Å². The standard InChI is InChI=1S/C10H13F.4C10H14.2C9H10ClF.3C9H11Cl.C9H10F2.3C9H11F/c1-7(2)9-5-4-8(3)10(11)6-9;2*1-8(2)10-6-4-9(3)5-7-10;1-8(2)10-6-4-5-9(3)7-10;1-8(2)10-7-5-4-6-9(10)3;1-6(2)7-3-4-9(11)8(10)5-7;1-6(2)7-3-4-8(10)9(11)5-7;1-7(2)8-3-5-9(10)6-4-8;1-7(2)8-4-3-5-9(10)6-8;1-7(2)8-5-3-4-6-9(8)10;1-6(2)7-3-4-8(10)9(11)5-7;1-7(2)8-3-5-9(10)6-4-8;1-7(2)8-4-3-5-9(10)6-8;1-7(2)8-5-3-4-6-9(8)10/h4-7H,1-3H3;4*4-8H,1-3H3;2*3-6H,1-2H3;3*3-7H,1-2H3;3-6H,1-2H3;3*3-7H,1-2H3. The van der Waals surface area contributed by atoms with Gasteiger partial charge in [0.05, 0.1) is 10.0 Å². The lowest BCUT2D eigenvalue weighted by molar-refractivity contribution is 0.506. The van der Waals surface area contributed by atoms with Gasteiger partial charge in [0, 0.05) is 15.1 Å². The second-order valence-electron chi connectivity index (χ2n) is 40.0. The van der Waals surface area contributed by atoms with E-state index in [0.29, 0.717) is 71.0 Å². The lowest BCUT2D eigenvalue weighted by atomic mass is 9.99. The highest BCUT2D eigenvalue weighted by molar-refractivity contribution is 6.32. The van der Waals surface area contributed by atoms with Crippen molar-refractivity contribution in [3.8, 4) is 0 Å². The molecule has 0 aliphatic carbocycles. The Labute approximate surface area is 890 Å². The van der Waals surface area contributed by atoms with Crippen LogP contribution in [-0.4, -0.2) is 0 Å². The molecule has 14 aromatic carbocycles. The Bertz CT molecular complexity index is 5170. The average molecular weight is 2070 g/mol. The van der Waals surface area contributed by atoms with Crippen LogP contribution in [0, 0.1) is 81.2 Å². The van der Waals surface area contributed by atoms with Crippen LogP contribution in [0.3, 0.4) is 0 Å². The van der Waals surface area contributed by atoms with Crippen molar-refractivity contribution < 1.29 is 35.1 Å². The zero-order valence-corrected chi connectivity index (χ0v) is 95.8. The van der Waals surface area contributed by atoms with Crippen LogP contribution < -0.4 is 0 Å². The van der Waals surface area contributed by atoms with Crippen LogP contribution in [0.2, 0.25) is 25.1 Å². The van der Waals surface area contributed by atoms with Crippen LogP contribution in [0.5, 0.6) is 0 Å². The van der Waals surface area contributed by atoms with Gasteiger partial charge in [-0.2, -0.15) is 0 Å². The van der Waals surface area contributed by atoms with E-state index in [1.165, 1.54) is 109 Å². The summed E-state index contributed by atoms with van der Waals surface area (Å²) in [6.07, 6.45) is 0. The molecule has 0 radical (unpaired) electrons. The fraction of sp³-hybridized carbons (Fsp3) is 0.359. The van der Waals surface area contributed by atoms with Gasteiger partial charge in [-0.1, -0.05) is 481 Å². The summed E-state index contributed by atoms with van der Waals surface area (Å²) in [4.78, 5) is 0. The minimum absolute atomic E-state index is 0.0995. The Hall–Kier alpha value is -10.0. The highest BCUT2D eigenvalue weighted by Crippen LogP contribution is 2.29. The fourth-order valence-electron chi connectivity index (χ4n) is 13.1. The van der Waals surface area contributed by atoms with E-state index in [1.54, 1.807) is 55.5 Å². The summed E-state index contributed by atoms with van der Waals surface area (Å²) in [6.45, 7) is 69.3. The zero-order valence-electron chi connectivity index (χ0n) is 92.0. The maximum absolute atomic E-state index is 12.9. The lowest BCUT2D eigenvalue weighted by Gasteiger charge is -2.07. The maximum Gasteiger partial charge on any atom is 0.159 e. The molecule has 14 aromatic rings. The van der Waals surface area contributed by atoms with Gasteiger partial charge in [0.15, 0.2) is 11.6 Å². The van der Waals surface area contributed by atoms with Crippen molar-refractivity contribution in [3.63, 3.8) is 0 Å². The Morgan fingerprint density at radius 2 is 0.472 bits per heavy atom. The number of benzene rings is 14. The number of hydrogen-bond donors (Lipinski definition) is 0. The van der Waals surface area contributed by atoms with Gasteiger partial charge >= 0.3 is 0 Å². The quantitative estimate of drug-likeness (QED) is 0.0952. The third kappa shape index (κ3) is 56.0. The van der Waals surface area contributed by atoms with Gasteiger partial charge in [0.1, 0.15) is 34.9 Å². The predicted octanol–water partition coefficient (Wildman–Crippen LogP) is 45.3. The first-order chi connectivity index (χ1) is 67.5. The minimum atomic E-state index is -0.783. The van der Waals surface area contributed by atoms with Crippen molar-refractivity contribution in [1.29, 1.82) is 0 Å². The van der Waals surface area contributed by atoms with Gasteiger partial charge in [-0.15, -0.1) is 0 Å². The molecule has 0 N–H and O–H groups in total. The SMILES string of the molecule is CC(C)c1ccc(Cl)c(F)c1.CC(C)c1ccc(Cl)cc1.CC(C)c1ccc(F)c(Cl)c1.CC(C)c1ccc(F)c(F)c1.CC(C)c1ccc(F)cc1.CC(C)c1cccc(Cl)c1.CC(C)c1cccc(F)c1.CC(C)c1ccccc1Cl.CC(C)c1ccccc1F.Cc1ccc(C(C)C)cc1.Cc1ccc(C(C)C)cc1.Cc1ccc(C(C)C)cc1F.Cc1cccc(C(C)C)c1.Cc1ccccc1C(C)C. The summed E-state index contributed by atoms with van der Waals surface area (Å²) in [5, 5.41) is 2.90. The monoisotopic (exact) mass is 2070 g/mol. The topological polar surface area (TPSA) is 0 Å². The molecule has 0 aliphatic heterocycles. The molecule has 0 amide bonds. The highest BCUT2D eigenvalue weighted by Gasteiger charge is 2.11. The largest absolute Gasteiger partial charge is 0.207 e. The molecular weight excluding hydrogens is 1900 g/mol. The molecule has 0 aliphatic rings. The van der Waals surface area contributed by atoms with Gasteiger partial charge < -0.3 is 0 Å². The van der Waals surface area contributed by atoms with Crippen LogP contribution in [0.4, 0.5) is 35.1 Å². The number of aryl methyl sites for hydroxylation is 5.